The number of ether oxygens (including phenoxy) is 1. The van der Waals surface area contributed by atoms with Crippen molar-refractivity contribution in [1.29, 1.82) is 0 Å². The van der Waals surface area contributed by atoms with Crippen molar-refractivity contribution in [2.24, 2.45) is 9.98 Å². The molecule has 0 atom stereocenters. The maximum atomic E-state index is 5.83. The summed E-state index contributed by atoms with van der Waals surface area (Å²) < 4.78 is 5.83. The van der Waals surface area contributed by atoms with E-state index < -0.39 is 0 Å². The third-order valence-corrected chi connectivity index (χ3v) is 7.40. The van der Waals surface area contributed by atoms with Crippen molar-refractivity contribution in [2.75, 3.05) is 44.4 Å². The van der Waals surface area contributed by atoms with Crippen molar-refractivity contribution < 1.29 is 4.74 Å². The molecule has 0 aliphatic carbocycles. The Bertz CT molecular complexity index is 976. The summed E-state index contributed by atoms with van der Waals surface area (Å²) in [6.07, 6.45) is 7.95. The Morgan fingerprint density at radius 2 is 1.39 bits per heavy atom. The van der Waals surface area contributed by atoms with Crippen molar-refractivity contribution >= 4 is 36.0 Å². The second kappa shape index (κ2) is 13.2. The highest BCUT2D eigenvalue weighted by Gasteiger charge is 2.17. The molecular weight excluding hydrogens is 448 g/mol. The smallest absolute Gasteiger partial charge is 0.129 e. The van der Waals surface area contributed by atoms with Gasteiger partial charge in [-0.1, -0.05) is 48.5 Å². The van der Waals surface area contributed by atoms with E-state index in [0.29, 0.717) is 13.3 Å². The first-order chi connectivity index (χ1) is 16.4. The molecule has 2 aromatic rings. The lowest BCUT2D eigenvalue weighted by Crippen LogP contribution is -2.24. The van der Waals surface area contributed by atoms with E-state index in [1.807, 2.05) is 66.3 Å². The topological polar surface area (TPSA) is 40.4 Å². The number of aliphatic imine (C=N–C) groups is 2. The Kier molecular flexibility index (Phi) is 9.38. The molecule has 33 heavy (non-hydrogen) atoms. The number of rotatable bonds is 10. The van der Waals surface area contributed by atoms with Crippen molar-refractivity contribution in [3.8, 4) is 5.75 Å². The van der Waals surface area contributed by atoms with Crippen LogP contribution in [-0.2, 0) is 6.54 Å². The van der Waals surface area contributed by atoms with Crippen LogP contribution in [0.4, 0.5) is 0 Å². The summed E-state index contributed by atoms with van der Waals surface area (Å²) in [6.45, 7) is 5.07. The molecule has 0 saturated carbocycles. The maximum Gasteiger partial charge on any atom is 0.129 e. The van der Waals surface area contributed by atoms with Gasteiger partial charge in [0.15, 0.2) is 0 Å². The van der Waals surface area contributed by atoms with Crippen molar-refractivity contribution in [2.45, 2.75) is 6.54 Å². The molecule has 0 radical (unpaired) electrons. The predicted octanol–water partition coefficient (Wildman–Crippen LogP) is 5.15. The van der Waals surface area contributed by atoms with E-state index in [-0.39, 0.29) is 0 Å². The third-order valence-electron chi connectivity index (χ3n) is 5.24. The molecule has 0 unspecified atom stereocenters. The summed E-state index contributed by atoms with van der Waals surface area (Å²) in [5, 5.41) is 2.53. The van der Waals surface area contributed by atoms with Gasteiger partial charge in [-0.25, -0.2) is 0 Å². The maximum absolute atomic E-state index is 5.83. The van der Waals surface area contributed by atoms with E-state index in [1.54, 1.807) is 0 Å². The van der Waals surface area contributed by atoms with E-state index in [9.17, 15) is 0 Å². The van der Waals surface area contributed by atoms with E-state index in [4.69, 9.17) is 4.74 Å². The van der Waals surface area contributed by atoms with Crippen LogP contribution in [0.2, 0.25) is 0 Å². The minimum atomic E-state index is 0.443. The third kappa shape index (κ3) is 7.72. The van der Waals surface area contributed by atoms with Crippen LogP contribution in [0.25, 0.3) is 0 Å². The van der Waals surface area contributed by atoms with E-state index in [0.717, 1.165) is 43.4 Å². The van der Waals surface area contributed by atoms with Gasteiger partial charge < -0.3 is 14.5 Å². The van der Waals surface area contributed by atoms with Gasteiger partial charge in [0.1, 0.15) is 19.0 Å². The highest BCUT2D eigenvalue weighted by Crippen LogP contribution is 2.29. The fourth-order valence-corrected chi connectivity index (χ4v) is 5.64. The minimum absolute atomic E-state index is 0.443. The number of allylic oxidation sites excluding steroid dienone is 2. The first-order valence-electron chi connectivity index (χ1n) is 11.3. The number of para-hydroxylation sites is 1. The fraction of sp³-hybridized carbons (Fsp3) is 0.308. The summed E-state index contributed by atoms with van der Waals surface area (Å²) in [4.78, 5) is 13.6. The first-order valence-corrected chi connectivity index (χ1v) is 13.2. The van der Waals surface area contributed by atoms with Crippen LogP contribution < -0.4 is 4.74 Å². The van der Waals surface area contributed by atoms with Gasteiger partial charge in [0, 0.05) is 43.6 Å². The van der Waals surface area contributed by atoms with Gasteiger partial charge in [-0.3, -0.25) is 9.98 Å². The fourth-order valence-electron chi connectivity index (χ4n) is 3.58. The number of benzene rings is 2. The molecule has 2 heterocycles. The molecule has 5 nitrogen and oxygen atoms in total. The second-order valence-electron chi connectivity index (χ2n) is 7.57. The van der Waals surface area contributed by atoms with Gasteiger partial charge >= 0.3 is 0 Å². The molecule has 172 valence electrons. The minimum Gasteiger partial charge on any atom is -0.492 e. The zero-order valence-corrected chi connectivity index (χ0v) is 20.4. The second-order valence-corrected chi connectivity index (χ2v) is 9.80. The van der Waals surface area contributed by atoms with Gasteiger partial charge in [0.25, 0.3) is 0 Å². The summed E-state index contributed by atoms with van der Waals surface area (Å²) in [6, 6.07) is 20.6. The predicted molar refractivity (Wildman–Crippen MR) is 143 cm³/mol. The molecule has 2 fully saturated rings. The number of hydrogen-bond donors (Lipinski definition) is 0. The molecule has 0 amide bonds. The molecule has 2 saturated heterocycles. The lowest BCUT2D eigenvalue weighted by atomic mass is 10.2. The Morgan fingerprint density at radius 3 is 2.09 bits per heavy atom. The molecule has 7 heteroatoms. The van der Waals surface area contributed by atoms with E-state index in [1.165, 1.54) is 15.6 Å². The molecule has 4 rings (SSSR count). The number of hydrogen-bond acceptors (Lipinski definition) is 7. The standard InChI is InChI=1S/C26H30N4OS2/c1-3-7-23(8-4-1)21-30-17-20-33-26(30)12-14-28-22-27-13-11-25-29(16-19-32-25)15-18-31-24-9-5-2-6-10-24/h1-14H,15-22H2/b25-11-,26-12-,27-13+,28-14+. The molecule has 0 bridgehead atoms. The van der Waals surface area contributed by atoms with Crippen LogP contribution in [0.1, 0.15) is 5.56 Å². The van der Waals surface area contributed by atoms with Gasteiger partial charge in [0.2, 0.25) is 0 Å². The van der Waals surface area contributed by atoms with Crippen LogP contribution in [0.5, 0.6) is 5.75 Å². The summed E-state index contributed by atoms with van der Waals surface area (Å²) in [5.41, 5.74) is 1.34. The average Bonchev–Trinajstić information content (AvgIpc) is 3.49. The zero-order valence-electron chi connectivity index (χ0n) is 18.8. The van der Waals surface area contributed by atoms with Crippen molar-refractivity contribution in [3.05, 3.63) is 88.4 Å². The Labute approximate surface area is 205 Å². The molecule has 0 aromatic heterocycles. The Hall–Kier alpha value is -2.64. The molecule has 2 aromatic carbocycles. The zero-order chi connectivity index (χ0) is 22.6. The van der Waals surface area contributed by atoms with Crippen LogP contribution in [0.15, 0.2) is 92.9 Å². The molecular formula is C26H30N4OS2. The van der Waals surface area contributed by atoms with E-state index >= 15 is 0 Å². The number of nitrogens with zero attached hydrogens (tertiary/aromatic N) is 4. The Balaban J connectivity index is 1.19. The van der Waals surface area contributed by atoms with Crippen LogP contribution >= 0.6 is 23.5 Å². The largest absolute Gasteiger partial charge is 0.492 e. The lowest BCUT2D eigenvalue weighted by molar-refractivity contribution is 0.261. The SMILES string of the molecule is C(/C=N/C/N=C/C=C1\SCCN1Cc1ccccc1)=C1/SCCN1CCOc1ccccc1. The van der Waals surface area contributed by atoms with Gasteiger partial charge in [-0.2, -0.15) is 0 Å². The summed E-state index contributed by atoms with van der Waals surface area (Å²) in [5.74, 6) is 3.15. The Morgan fingerprint density at radius 1 is 0.788 bits per heavy atom. The van der Waals surface area contributed by atoms with Crippen molar-refractivity contribution in [3.63, 3.8) is 0 Å². The number of thioether (sulfide) groups is 2. The normalized spacial score (nSPS) is 19.0. The van der Waals surface area contributed by atoms with Crippen LogP contribution in [-0.4, -0.2) is 66.6 Å². The van der Waals surface area contributed by atoms with Gasteiger partial charge in [-0.15, -0.1) is 23.5 Å². The molecule has 2 aliphatic heterocycles. The van der Waals surface area contributed by atoms with Crippen molar-refractivity contribution in [1.82, 2.24) is 9.80 Å². The molecule has 0 spiro atoms. The summed E-state index contributed by atoms with van der Waals surface area (Å²) in [7, 11) is 0. The van der Waals surface area contributed by atoms with Crippen LogP contribution in [0, 0.1) is 0 Å². The highest BCUT2D eigenvalue weighted by atomic mass is 32.2. The molecule has 2 aliphatic rings. The summed E-state index contributed by atoms with van der Waals surface area (Å²) >= 11 is 3.76. The highest BCUT2D eigenvalue weighted by molar-refractivity contribution is 8.03. The van der Waals surface area contributed by atoms with E-state index in [2.05, 4.69) is 62.3 Å². The quantitative estimate of drug-likeness (QED) is 0.442. The van der Waals surface area contributed by atoms with Crippen LogP contribution in [0.3, 0.4) is 0 Å². The van der Waals surface area contributed by atoms with Gasteiger partial charge in [-0.05, 0) is 29.8 Å². The average molecular weight is 479 g/mol. The monoisotopic (exact) mass is 478 g/mol. The van der Waals surface area contributed by atoms with Gasteiger partial charge in [0.05, 0.1) is 16.6 Å². The molecule has 0 N–H and O–H groups in total. The first kappa shape index (κ1) is 23.5. The lowest BCUT2D eigenvalue weighted by Gasteiger charge is -2.18.